The molecule has 0 saturated carbocycles. The van der Waals surface area contributed by atoms with E-state index in [0.29, 0.717) is 0 Å². The van der Waals surface area contributed by atoms with Crippen molar-refractivity contribution < 1.29 is 10.2 Å². The van der Waals surface area contributed by atoms with E-state index >= 15 is 0 Å². The highest BCUT2D eigenvalue weighted by atomic mass is 16.3. The quantitative estimate of drug-likeness (QED) is 0.306. The van der Waals surface area contributed by atoms with E-state index in [9.17, 15) is 5.11 Å². The maximum atomic E-state index is 9.33. The van der Waals surface area contributed by atoms with Crippen molar-refractivity contribution in [2.75, 3.05) is 45.9 Å². The second-order valence-corrected chi connectivity index (χ2v) is 8.90. The van der Waals surface area contributed by atoms with Gasteiger partial charge in [0.05, 0.1) is 12.7 Å². The lowest BCUT2D eigenvalue weighted by molar-refractivity contribution is 0.0858. The van der Waals surface area contributed by atoms with E-state index in [2.05, 4.69) is 16.7 Å². The number of unbranched alkanes of at least 4 members (excludes halogenated alkanes) is 12. The van der Waals surface area contributed by atoms with E-state index in [-0.39, 0.29) is 6.61 Å². The zero-order valence-corrected chi connectivity index (χ0v) is 18.9. The van der Waals surface area contributed by atoms with Crippen molar-refractivity contribution in [1.82, 2.24) is 9.80 Å². The molecule has 1 atom stereocenters. The molecule has 0 aromatic carbocycles. The van der Waals surface area contributed by atoms with Crippen molar-refractivity contribution in [3.63, 3.8) is 0 Å². The first-order valence-electron chi connectivity index (χ1n) is 12.5. The summed E-state index contributed by atoms with van der Waals surface area (Å²) in [6.07, 6.45) is 19.2. The lowest BCUT2D eigenvalue weighted by atomic mass is 10.1. The lowest BCUT2D eigenvalue weighted by Gasteiger charge is -2.34. The fraction of sp³-hybridized carbons (Fsp3) is 1.00. The van der Waals surface area contributed by atoms with Crippen molar-refractivity contribution in [2.45, 2.75) is 109 Å². The Hall–Kier alpha value is -0.160. The van der Waals surface area contributed by atoms with Crippen molar-refractivity contribution in [1.29, 1.82) is 0 Å². The van der Waals surface area contributed by atoms with Crippen LogP contribution in [0.25, 0.3) is 0 Å². The summed E-state index contributed by atoms with van der Waals surface area (Å²) in [4.78, 5) is 5.29. The van der Waals surface area contributed by atoms with Crippen LogP contribution in [0.15, 0.2) is 0 Å². The Morgan fingerprint density at radius 3 is 1.43 bits per heavy atom. The predicted octanol–water partition coefficient (Wildman–Crippen LogP) is 4.83. The summed E-state index contributed by atoms with van der Waals surface area (Å²) < 4.78 is 0. The Labute approximate surface area is 175 Å². The molecule has 4 nitrogen and oxygen atoms in total. The minimum atomic E-state index is -0.511. The van der Waals surface area contributed by atoms with Gasteiger partial charge < -0.3 is 20.0 Å². The molecule has 1 saturated heterocycles. The monoisotopic (exact) mass is 398 g/mol. The van der Waals surface area contributed by atoms with Gasteiger partial charge in [-0.2, -0.15) is 0 Å². The number of rotatable bonds is 19. The van der Waals surface area contributed by atoms with Crippen LogP contribution in [-0.2, 0) is 0 Å². The predicted molar refractivity (Wildman–Crippen MR) is 121 cm³/mol. The summed E-state index contributed by atoms with van der Waals surface area (Å²) in [7, 11) is 0. The number of nitrogens with zero attached hydrogens (tertiary/aromatic N) is 2. The van der Waals surface area contributed by atoms with E-state index in [1.54, 1.807) is 0 Å². The Morgan fingerprint density at radius 1 is 0.607 bits per heavy atom. The standard InChI is InChI=1S/C24H50N2O2/c1-2-3-4-5-6-7-8-9-11-14-17-25-19-21-26(22-20-25)18-15-12-10-13-16-24(28)23-27/h24,27-28H,2-23H2,1H3. The Kier molecular flexibility index (Phi) is 17.4. The molecule has 1 rings (SSSR count). The van der Waals surface area contributed by atoms with Gasteiger partial charge in [0.25, 0.3) is 0 Å². The average molecular weight is 399 g/mol. The molecule has 28 heavy (non-hydrogen) atoms. The minimum Gasteiger partial charge on any atom is -0.394 e. The summed E-state index contributed by atoms with van der Waals surface area (Å²) in [6, 6.07) is 0. The molecule has 0 aromatic heterocycles. The van der Waals surface area contributed by atoms with Crippen molar-refractivity contribution in [3.05, 3.63) is 0 Å². The maximum absolute atomic E-state index is 9.33. The lowest BCUT2D eigenvalue weighted by Crippen LogP contribution is -2.46. The van der Waals surface area contributed by atoms with Crippen LogP contribution in [0.1, 0.15) is 103 Å². The van der Waals surface area contributed by atoms with Gasteiger partial charge in [-0.3, -0.25) is 0 Å². The molecule has 0 aromatic rings. The van der Waals surface area contributed by atoms with Crippen molar-refractivity contribution >= 4 is 0 Å². The SMILES string of the molecule is CCCCCCCCCCCCN1CCN(CCCCCCC(O)CO)CC1. The van der Waals surface area contributed by atoms with Gasteiger partial charge in [-0.15, -0.1) is 0 Å². The van der Waals surface area contributed by atoms with Crippen molar-refractivity contribution in [2.24, 2.45) is 0 Å². The third kappa shape index (κ3) is 14.8. The normalized spacial score (nSPS) is 17.2. The summed E-state index contributed by atoms with van der Waals surface area (Å²) >= 11 is 0. The number of aliphatic hydroxyl groups excluding tert-OH is 2. The van der Waals surface area contributed by atoms with Crippen LogP contribution in [0, 0.1) is 0 Å². The first-order valence-corrected chi connectivity index (χ1v) is 12.5. The number of piperazine rings is 1. The van der Waals surface area contributed by atoms with Crippen LogP contribution in [0.5, 0.6) is 0 Å². The van der Waals surface area contributed by atoms with E-state index in [1.165, 1.54) is 123 Å². The molecule has 168 valence electrons. The van der Waals surface area contributed by atoms with Crippen LogP contribution in [0.2, 0.25) is 0 Å². The highest BCUT2D eigenvalue weighted by molar-refractivity contribution is 4.72. The first-order chi connectivity index (χ1) is 13.8. The second kappa shape index (κ2) is 18.8. The summed E-state index contributed by atoms with van der Waals surface area (Å²) in [6.45, 7) is 9.70. The van der Waals surface area contributed by atoms with E-state index in [1.807, 2.05) is 0 Å². The molecule has 0 amide bonds. The molecule has 1 heterocycles. The third-order valence-electron chi connectivity index (χ3n) is 6.27. The molecular weight excluding hydrogens is 348 g/mol. The largest absolute Gasteiger partial charge is 0.394 e. The molecule has 1 fully saturated rings. The second-order valence-electron chi connectivity index (χ2n) is 8.90. The smallest absolute Gasteiger partial charge is 0.0770 e. The van der Waals surface area contributed by atoms with Gasteiger partial charge in [-0.25, -0.2) is 0 Å². The Bertz CT molecular complexity index is 320. The summed E-state index contributed by atoms with van der Waals surface area (Å²) in [5.74, 6) is 0. The van der Waals surface area contributed by atoms with Crippen LogP contribution < -0.4 is 0 Å². The van der Waals surface area contributed by atoms with Crippen molar-refractivity contribution in [3.8, 4) is 0 Å². The highest BCUT2D eigenvalue weighted by Crippen LogP contribution is 2.12. The fourth-order valence-electron chi connectivity index (χ4n) is 4.22. The number of hydrogen-bond acceptors (Lipinski definition) is 4. The van der Waals surface area contributed by atoms with Crippen LogP contribution in [-0.4, -0.2) is 72.0 Å². The van der Waals surface area contributed by atoms with Gasteiger partial charge in [-0.05, 0) is 32.4 Å². The first kappa shape index (κ1) is 25.9. The van der Waals surface area contributed by atoms with Gasteiger partial charge in [0.15, 0.2) is 0 Å². The maximum Gasteiger partial charge on any atom is 0.0770 e. The zero-order valence-electron chi connectivity index (χ0n) is 18.9. The molecule has 1 aliphatic rings. The molecule has 0 radical (unpaired) electrons. The van der Waals surface area contributed by atoms with Gasteiger partial charge in [0, 0.05) is 26.2 Å². The molecule has 4 heteroatoms. The number of hydrogen-bond donors (Lipinski definition) is 2. The van der Waals surface area contributed by atoms with Crippen LogP contribution >= 0.6 is 0 Å². The van der Waals surface area contributed by atoms with E-state index in [4.69, 9.17) is 5.11 Å². The van der Waals surface area contributed by atoms with Crippen LogP contribution in [0.3, 0.4) is 0 Å². The molecule has 1 aliphatic heterocycles. The van der Waals surface area contributed by atoms with Gasteiger partial charge in [0.2, 0.25) is 0 Å². The summed E-state index contributed by atoms with van der Waals surface area (Å²) in [5.41, 5.74) is 0. The molecule has 2 N–H and O–H groups in total. The zero-order chi connectivity index (χ0) is 20.3. The fourth-order valence-corrected chi connectivity index (χ4v) is 4.22. The molecule has 0 bridgehead atoms. The van der Waals surface area contributed by atoms with Gasteiger partial charge in [-0.1, -0.05) is 84.0 Å². The molecule has 0 spiro atoms. The Balaban J connectivity index is 1.83. The Morgan fingerprint density at radius 2 is 1.00 bits per heavy atom. The molecular formula is C24H50N2O2. The van der Waals surface area contributed by atoms with E-state index < -0.39 is 6.10 Å². The van der Waals surface area contributed by atoms with Gasteiger partial charge >= 0.3 is 0 Å². The van der Waals surface area contributed by atoms with Gasteiger partial charge in [0.1, 0.15) is 0 Å². The topological polar surface area (TPSA) is 46.9 Å². The number of aliphatic hydroxyl groups is 2. The minimum absolute atomic E-state index is 0.0938. The highest BCUT2D eigenvalue weighted by Gasteiger charge is 2.15. The van der Waals surface area contributed by atoms with Crippen LogP contribution in [0.4, 0.5) is 0 Å². The van der Waals surface area contributed by atoms with E-state index in [0.717, 1.165) is 12.8 Å². The molecule has 1 unspecified atom stereocenters. The average Bonchev–Trinajstić information content (AvgIpc) is 2.72. The summed E-state index contributed by atoms with van der Waals surface area (Å²) in [5, 5.41) is 18.1. The third-order valence-corrected chi connectivity index (χ3v) is 6.27. The molecule has 0 aliphatic carbocycles.